The summed E-state index contributed by atoms with van der Waals surface area (Å²) in [6.07, 6.45) is 2.05. The number of hydrogen-bond acceptors (Lipinski definition) is 3. The van der Waals surface area contributed by atoms with E-state index in [1.807, 2.05) is 83.2 Å². The number of methoxy groups -OCH3 is 1. The molecule has 2 aromatic heterocycles. The van der Waals surface area contributed by atoms with Crippen molar-refractivity contribution in [2.75, 3.05) is 12.4 Å². The van der Waals surface area contributed by atoms with Crippen LogP contribution >= 0.6 is 0 Å². The Kier molecular flexibility index (Phi) is 5.96. The lowest BCUT2D eigenvalue weighted by Crippen LogP contribution is -2.38. The smallest absolute Gasteiger partial charge is 0.323 e. The van der Waals surface area contributed by atoms with Crippen molar-refractivity contribution >= 4 is 11.7 Å². The van der Waals surface area contributed by atoms with E-state index < -0.39 is 0 Å². The van der Waals surface area contributed by atoms with Gasteiger partial charge in [0.2, 0.25) is 0 Å². The third-order valence-corrected chi connectivity index (χ3v) is 7.05. The van der Waals surface area contributed by atoms with Crippen molar-refractivity contribution in [3.8, 4) is 17.3 Å². The van der Waals surface area contributed by atoms with Gasteiger partial charge >= 0.3 is 6.03 Å². The van der Waals surface area contributed by atoms with Crippen LogP contribution in [-0.4, -0.2) is 32.4 Å². The number of aryl methyl sites for hydroxylation is 2. The van der Waals surface area contributed by atoms with Gasteiger partial charge in [-0.3, -0.25) is 0 Å². The number of para-hydroxylation sites is 3. The highest BCUT2D eigenvalue weighted by molar-refractivity contribution is 5.91. The Morgan fingerprint density at radius 2 is 1.74 bits per heavy atom. The first-order chi connectivity index (χ1) is 18.5. The molecule has 3 heterocycles. The van der Waals surface area contributed by atoms with Crippen LogP contribution in [0.25, 0.3) is 11.5 Å². The average molecular weight is 504 g/mol. The number of carbonyl (C=O) groups is 1. The highest BCUT2D eigenvalue weighted by Crippen LogP contribution is 2.39. The summed E-state index contributed by atoms with van der Waals surface area (Å²) in [5, 5.41) is 8.03. The Hall–Kier alpha value is -4.78. The second kappa shape index (κ2) is 9.59. The zero-order chi connectivity index (χ0) is 26.2. The SMILES string of the molecule is COc1ccccc1NC(=O)N1Cc2c(C)nn(-c3ccccc3)c2-n2cccc2C1c1cccc(C)c1. The molecule has 5 aromatic rings. The molecular weight excluding hydrogens is 474 g/mol. The molecule has 6 rings (SSSR count). The van der Waals surface area contributed by atoms with Crippen LogP contribution in [0.2, 0.25) is 0 Å². The molecule has 1 aliphatic rings. The molecule has 0 bridgehead atoms. The monoisotopic (exact) mass is 503 g/mol. The molecule has 1 unspecified atom stereocenters. The predicted octanol–water partition coefficient (Wildman–Crippen LogP) is 6.43. The van der Waals surface area contributed by atoms with Crippen LogP contribution in [0.4, 0.5) is 10.5 Å². The van der Waals surface area contributed by atoms with E-state index in [0.717, 1.165) is 39.6 Å². The molecule has 38 heavy (non-hydrogen) atoms. The lowest BCUT2D eigenvalue weighted by atomic mass is 10.00. The van der Waals surface area contributed by atoms with Gasteiger partial charge in [-0.15, -0.1) is 0 Å². The van der Waals surface area contributed by atoms with Crippen LogP contribution in [0.5, 0.6) is 5.75 Å². The maximum Gasteiger partial charge on any atom is 0.323 e. The van der Waals surface area contributed by atoms with Crippen molar-refractivity contribution in [3.05, 3.63) is 125 Å². The first kappa shape index (κ1) is 23.6. The van der Waals surface area contributed by atoms with Gasteiger partial charge in [0.1, 0.15) is 11.6 Å². The number of nitrogens with zero attached hydrogens (tertiary/aromatic N) is 4. The summed E-state index contributed by atoms with van der Waals surface area (Å²) >= 11 is 0. The van der Waals surface area contributed by atoms with Crippen LogP contribution < -0.4 is 10.1 Å². The largest absolute Gasteiger partial charge is 0.495 e. The van der Waals surface area contributed by atoms with Crippen molar-refractivity contribution in [1.29, 1.82) is 0 Å². The standard InChI is InChI=1S/C31H29N5O2/c1-21-11-9-12-23(19-21)29-27-16-10-18-34(27)30-25(22(2)33-36(30)24-13-5-4-6-14-24)20-35(29)31(37)32-26-15-7-8-17-28(26)38-3/h4-19,29H,20H2,1-3H3,(H,32,37). The van der Waals surface area contributed by atoms with Gasteiger partial charge in [0.25, 0.3) is 0 Å². The van der Waals surface area contributed by atoms with E-state index in [4.69, 9.17) is 9.84 Å². The first-order valence-corrected chi connectivity index (χ1v) is 12.6. The molecule has 1 atom stereocenters. The number of amides is 2. The fourth-order valence-electron chi connectivity index (χ4n) is 5.28. The van der Waals surface area contributed by atoms with Crippen LogP contribution in [0, 0.1) is 13.8 Å². The number of carbonyl (C=O) groups excluding carboxylic acids is 1. The molecule has 0 saturated heterocycles. The lowest BCUT2D eigenvalue weighted by molar-refractivity contribution is 0.194. The summed E-state index contributed by atoms with van der Waals surface area (Å²) in [6.45, 7) is 4.46. The second-order valence-electron chi connectivity index (χ2n) is 9.51. The zero-order valence-electron chi connectivity index (χ0n) is 21.6. The topological polar surface area (TPSA) is 64.3 Å². The van der Waals surface area contributed by atoms with Crippen molar-refractivity contribution < 1.29 is 9.53 Å². The summed E-state index contributed by atoms with van der Waals surface area (Å²) in [6, 6.07) is 29.5. The lowest BCUT2D eigenvalue weighted by Gasteiger charge is -2.31. The van der Waals surface area contributed by atoms with Gasteiger partial charge in [0, 0.05) is 11.8 Å². The second-order valence-corrected chi connectivity index (χ2v) is 9.51. The molecule has 190 valence electrons. The summed E-state index contributed by atoms with van der Waals surface area (Å²) < 4.78 is 9.65. The van der Waals surface area contributed by atoms with Gasteiger partial charge in [-0.2, -0.15) is 5.10 Å². The normalized spacial score (nSPS) is 14.4. The van der Waals surface area contributed by atoms with Crippen molar-refractivity contribution in [2.24, 2.45) is 0 Å². The van der Waals surface area contributed by atoms with E-state index >= 15 is 0 Å². The first-order valence-electron chi connectivity index (χ1n) is 12.6. The number of nitrogens with one attached hydrogen (secondary N) is 1. The van der Waals surface area contributed by atoms with Crippen molar-refractivity contribution in [3.63, 3.8) is 0 Å². The minimum Gasteiger partial charge on any atom is -0.495 e. The summed E-state index contributed by atoms with van der Waals surface area (Å²) in [7, 11) is 1.60. The van der Waals surface area contributed by atoms with Gasteiger partial charge in [-0.05, 0) is 55.8 Å². The van der Waals surface area contributed by atoms with Crippen LogP contribution in [-0.2, 0) is 6.54 Å². The van der Waals surface area contributed by atoms with Gasteiger partial charge in [0.15, 0.2) is 0 Å². The number of aromatic nitrogens is 3. The van der Waals surface area contributed by atoms with E-state index in [9.17, 15) is 4.79 Å². The fourth-order valence-corrected chi connectivity index (χ4v) is 5.28. The molecule has 0 fully saturated rings. The number of urea groups is 1. The van der Waals surface area contributed by atoms with Crippen LogP contribution in [0.15, 0.2) is 97.2 Å². The Morgan fingerprint density at radius 3 is 2.53 bits per heavy atom. The quantitative estimate of drug-likeness (QED) is 0.308. The maximum absolute atomic E-state index is 14.1. The molecular formula is C31H29N5O2. The molecule has 0 spiro atoms. The van der Waals surface area contributed by atoms with Gasteiger partial charge in [-0.1, -0.05) is 60.2 Å². The van der Waals surface area contributed by atoms with Crippen LogP contribution in [0.3, 0.4) is 0 Å². The Balaban J connectivity index is 1.54. The third kappa shape index (κ3) is 4.02. The molecule has 0 radical (unpaired) electrons. The molecule has 1 aliphatic heterocycles. The van der Waals surface area contributed by atoms with Gasteiger partial charge in [-0.25, -0.2) is 9.48 Å². The number of rotatable bonds is 4. The number of hydrogen-bond donors (Lipinski definition) is 1. The van der Waals surface area contributed by atoms with Crippen LogP contribution in [0.1, 0.15) is 34.1 Å². The van der Waals surface area contributed by atoms with E-state index in [-0.39, 0.29) is 12.1 Å². The summed E-state index contributed by atoms with van der Waals surface area (Å²) in [5.41, 5.74) is 6.64. The average Bonchev–Trinajstić information content (AvgIpc) is 3.49. The minimum atomic E-state index is -0.323. The third-order valence-electron chi connectivity index (χ3n) is 7.05. The van der Waals surface area contributed by atoms with E-state index in [1.54, 1.807) is 7.11 Å². The van der Waals surface area contributed by atoms with Gasteiger partial charge in [0.05, 0.1) is 42.5 Å². The molecule has 0 aliphatic carbocycles. The van der Waals surface area contributed by atoms with E-state index in [1.165, 1.54) is 0 Å². The Morgan fingerprint density at radius 1 is 0.947 bits per heavy atom. The van der Waals surface area contributed by atoms with E-state index in [0.29, 0.717) is 18.0 Å². The predicted molar refractivity (Wildman–Crippen MR) is 148 cm³/mol. The molecule has 7 heteroatoms. The molecule has 0 saturated carbocycles. The van der Waals surface area contributed by atoms with Crippen molar-refractivity contribution in [1.82, 2.24) is 19.2 Å². The fraction of sp³-hybridized carbons (Fsp3) is 0.161. The number of benzene rings is 3. The molecule has 7 nitrogen and oxygen atoms in total. The highest BCUT2D eigenvalue weighted by Gasteiger charge is 2.36. The van der Waals surface area contributed by atoms with Gasteiger partial charge < -0.3 is 19.5 Å². The zero-order valence-corrected chi connectivity index (χ0v) is 21.6. The maximum atomic E-state index is 14.1. The number of anilines is 1. The summed E-state index contributed by atoms with van der Waals surface area (Å²) in [4.78, 5) is 16.0. The minimum absolute atomic E-state index is 0.214. The highest BCUT2D eigenvalue weighted by atomic mass is 16.5. The Bertz CT molecular complexity index is 1620. The Labute approximate surface area is 221 Å². The molecule has 2 amide bonds. The van der Waals surface area contributed by atoms with Crippen molar-refractivity contribution in [2.45, 2.75) is 26.4 Å². The van der Waals surface area contributed by atoms with E-state index in [2.05, 4.69) is 47.3 Å². The molecule has 1 N–H and O–H groups in total. The number of ether oxygens (including phenoxy) is 1. The number of fused-ring (bicyclic) bond motifs is 3. The summed E-state index contributed by atoms with van der Waals surface area (Å²) in [5.74, 6) is 1.55. The molecule has 3 aromatic carbocycles.